The van der Waals surface area contributed by atoms with E-state index >= 15 is 0 Å². The molecule has 1 heterocycles. The van der Waals surface area contributed by atoms with Gasteiger partial charge in [0, 0.05) is 19.8 Å². The third-order valence-electron chi connectivity index (χ3n) is 3.35. The second-order valence-corrected chi connectivity index (χ2v) is 4.97. The largest absolute Gasteiger partial charge is 0.331 e. The summed E-state index contributed by atoms with van der Waals surface area (Å²) in [5.41, 5.74) is 2.21. The minimum absolute atomic E-state index is 0.0857. The van der Waals surface area contributed by atoms with Gasteiger partial charge >= 0.3 is 6.03 Å². The van der Waals surface area contributed by atoms with Crippen molar-refractivity contribution in [3.05, 3.63) is 29.8 Å². The second-order valence-electron chi connectivity index (χ2n) is 4.97. The van der Waals surface area contributed by atoms with Crippen molar-refractivity contribution in [1.29, 1.82) is 0 Å². The van der Waals surface area contributed by atoms with Gasteiger partial charge in [0.1, 0.15) is 0 Å². The quantitative estimate of drug-likeness (QED) is 0.842. The van der Waals surface area contributed by atoms with E-state index < -0.39 is 0 Å². The van der Waals surface area contributed by atoms with E-state index in [4.69, 9.17) is 0 Å². The average molecular weight is 247 g/mol. The Morgan fingerprint density at radius 1 is 1.33 bits per heavy atom. The van der Waals surface area contributed by atoms with E-state index in [2.05, 4.69) is 22.8 Å². The van der Waals surface area contributed by atoms with Crippen LogP contribution in [0.1, 0.15) is 24.3 Å². The molecule has 0 saturated carbocycles. The average Bonchev–Trinajstić information content (AvgIpc) is 2.40. The standard InChI is InChI=1S/C14H21N3O/c1-17(2)14(18)16-13-5-3-4-12(10-13)11-6-8-15-9-7-11/h3-5,10-11,15H,6-9H2,1-2H3,(H,16,18). The highest BCUT2D eigenvalue weighted by molar-refractivity contribution is 5.88. The van der Waals surface area contributed by atoms with Crippen molar-refractivity contribution in [2.24, 2.45) is 0 Å². The zero-order chi connectivity index (χ0) is 13.0. The molecule has 0 atom stereocenters. The van der Waals surface area contributed by atoms with E-state index in [1.807, 2.05) is 12.1 Å². The highest BCUT2D eigenvalue weighted by Gasteiger charge is 2.15. The molecule has 0 aliphatic carbocycles. The molecule has 2 N–H and O–H groups in total. The van der Waals surface area contributed by atoms with Gasteiger partial charge < -0.3 is 15.5 Å². The maximum atomic E-state index is 11.6. The van der Waals surface area contributed by atoms with Crippen molar-refractivity contribution in [2.45, 2.75) is 18.8 Å². The number of benzene rings is 1. The van der Waals surface area contributed by atoms with E-state index in [0.717, 1.165) is 18.8 Å². The summed E-state index contributed by atoms with van der Waals surface area (Å²) < 4.78 is 0. The first kappa shape index (κ1) is 12.9. The smallest absolute Gasteiger partial charge is 0.321 e. The van der Waals surface area contributed by atoms with E-state index in [1.165, 1.54) is 23.3 Å². The molecular weight excluding hydrogens is 226 g/mol. The lowest BCUT2D eigenvalue weighted by Gasteiger charge is -2.23. The van der Waals surface area contributed by atoms with Gasteiger partial charge in [-0.3, -0.25) is 0 Å². The van der Waals surface area contributed by atoms with Crippen molar-refractivity contribution in [3.63, 3.8) is 0 Å². The van der Waals surface area contributed by atoms with Gasteiger partial charge in [-0.2, -0.15) is 0 Å². The first-order valence-electron chi connectivity index (χ1n) is 6.46. The molecule has 1 fully saturated rings. The summed E-state index contributed by atoms with van der Waals surface area (Å²) in [6, 6.07) is 8.12. The molecule has 0 bridgehead atoms. The molecule has 4 nitrogen and oxygen atoms in total. The number of piperidine rings is 1. The van der Waals surface area contributed by atoms with Crippen LogP contribution < -0.4 is 10.6 Å². The van der Waals surface area contributed by atoms with E-state index in [9.17, 15) is 4.79 Å². The van der Waals surface area contributed by atoms with Gasteiger partial charge in [0.25, 0.3) is 0 Å². The van der Waals surface area contributed by atoms with Crippen LogP contribution in [-0.2, 0) is 0 Å². The van der Waals surface area contributed by atoms with Crippen LogP contribution >= 0.6 is 0 Å². The summed E-state index contributed by atoms with van der Waals surface area (Å²) in [6.07, 6.45) is 2.34. The van der Waals surface area contributed by atoms with Crippen LogP contribution in [0.3, 0.4) is 0 Å². The van der Waals surface area contributed by atoms with Gasteiger partial charge in [-0.05, 0) is 49.5 Å². The molecule has 1 saturated heterocycles. The fourth-order valence-corrected chi connectivity index (χ4v) is 2.26. The lowest BCUT2D eigenvalue weighted by Crippen LogP contribution is -2.28. The van der Waals surface area contributed by atoms with Crippen LogP contribution in [0, 0.1) is 0 Å². The molecule has 1 aliphatic heterocycles. The van der Waals surface area contributed by atoms with Crippen LogP contribution in [0.4, 0.5) is 10.5 Å². The van der Waals surface area contributed by atoms with E-state index in [1.54, 1.807) is 14.1 Å². The number of nitrogens with one attached hydrogen (secondary N) is 2. The number of carbonyl (C=O) groups excluding carboxylic acids is 1. The SMILES string of the molecule is CN(C)C(=O)Nc1cccc(C2CCNCC2)c1. The Kier molecular flexibility index (Phi) is 4.20. The van der Waals surface area contributed by atoms with E-state index in [-0.39, 0.29) is 6.03 Å². The topological polar surface area (TPSA) is 44.4 Å². The molecule has 1 aromatic carbocycles. The molecule has 18 heavy (non-hydrogen) atoms. The summed E-state index contributed by atoms with van der Waals surface area (Å²) in [5, 5.41) is 6.26. The lowest BCUT2D eigenvalue weighted by molar-refractivity contribution is 0.230. The zero-order valence-electron chi connectivity index (χ0n) is 11.1. The Morgan fingerprint density at radius 2 is 2.06 bits per heavy atom. The Hall–Kier alpha value is -1.55. The minimum atomic E-state index is -0.0857. The van der Waals surface area contributed by atoms with Crippen LogP contribution in [0.25, 0.3) is 0 Å². The van der Waals surface area contributed by atoms with Gasteiger partial charge in [-0.1, -0.05) is 12.1 Å². The molecule has 0 radical (unpaired) electrons. The second kappa shape index (κ2) is 5.87. The zero-order valence-corrected chi connectivity index (χ0v) is 11.1. The number of rotatable bonds is 2. The predicted octanol–water partition coefficient (Wildman–Crippen LogP) is 2.25. The predicted molar refractivity (Wildman–Crippen MR) is 74.0 cm³/mol. The monoisotopic (exact) mass is 247 g/mol. The molecule has 98 valence electrons. The fraction of sp³-hybridized carbons (Fsp3) is 0.500. The fourth-order valence-electron chi connectivity index (χ4n) is 2.26. The van der Waals surface area contributed by atoms with E-state index in [0.29, 0.717) is 5.92 Å². The molecule has 0 aromatic heterocycles. The molecule has 2 amide bonds. The van der Waals surface area contributed by atoms with Gasteiger partial charge in [-0.25, -0.2) is 4.79 Å². The van der Waals surface area contributed by atoms with Crippen LogP contribution in [0.15, 0.2) is 24.3 Å². The van der Waals surface area contributed by atoms with Gasteiger partial charge in [0.2, 0.25) is 0 Å². The van der Waals surface area contributed by atoms with Crippen molar-refractivity contribution < 1.29 is 4.79 Å². The summed E-state index contributed by atoms with van der Waals surface area (Å²) in [4.78, 5) is 13.1. The van der Waals surface area contributed by atoms with Crippen molar-refractivity contribution in [2.75, 3.05) is 32.5 Å². The Labute approximate surface area is 108 Å². The number of hydrogen-bond donors (Lipinski definition) is 2. The maximum Gasteiger partial charge on any atom is 0.321 e. The minimum Gasteiger partial charge on any atom is -0.331 e. The van der Waals surface area contributed by atoms with Crippen molar-refractivity contribution in [1.82, 2.24) is 10.2 Å². The Morgan fingerprint density at radius 3 is 2.72 bits per heavy atom. The summed E-state index contributed by atoms with van der Waals surface area (Å²) >= 11 is 0. The van der Waals surface area contributed by atoms with Crippen molar-refractivity contribution >= 4 is 11.7 Å². The number of amides is 2. The summed E-state index contributed by atoms with van der Waals surface area (Å²) in [5.74, 6) is 0.613. The van der Waals surface area contributed by atoms with Gasteiger partial charge in [-0.15, -0.1) is 0 Å². The van der Waals surface area contributed by atoms with Crippen LogP contribution in [0.2, 0.25) is 0 Å². The lowest BCUT2D eigenvalue weighted by atomic mass is 9.90. The normalized spacial score (nSPS) is 16.3. The third-order valence-corrected chi connectivity index (χ3v) is 3.35. The molecule has 1 aromatic rings. The number of nitrogens with zero attached hydrogens (tertiary/aromatic N) is 1. The molecule has 2 rings (SSSR count). The first-order valence-corrected chi connectivity index (χ1v) is 6.46. The highest BCUT2D eigenvalue weighted by Crippen LogP contribution is 2.26. The maximum absolute atomic E-state index is 11.6. The van der Waals surface area contributed by atoms with Crippen molar-refractivity contribution in [3.8, 4) is 0 Å². The summed E-state index contributed by atoms with van der Waals surface area (Å²) in [7, 11) is 3.48. The van der Waals surface area contributed by atoms with Crippen LogP contribution in [-0.4, -0.2) is 38.1 Å². The molecule has 0 spiro atoms. The van der Waals surface area contributed by atoms with Crippen LogP contribution in [0.5, 0.6) is 0 Å². The third kappa shape index (κ3) is 3.23. The number of anilines is 1. The highest BCUT2D eigenvalue weighted by atomic mass is 16.2. The number of urea groups is 1. The van der Waals surface area contributed by atoms with Gasteiger partial charge in [0.05, 0.1) is 0 Å². The number of hydrogen-bond acceptors (Lipinski definition) is 2. The molecule has 1 aliphatic rings. The molecular formula is C14H21N3O. The first-order chi connectivity index (χ1) is 8.66. The Balaban J connectivity index is 2.07. The number of carbonyl (C=O) groups is 1. The molecule has 0 unspecified atom stereocenters. The Bertz CT molecular complexity index is 411. The molecule has 4 heteroatoms. The van der Waals surface area contributed by atoms with Gasteiger partial charge in [0.15, 0.2) is 0 Å². The summed E-state index contributed by atoms with van der Waals surface area (Å²) in [6.45, 7) is 2.16.